The van der Waals surface area contributed by atoms with E-state index in [1.807, 2.05) is 62.4 Å². The Morgan fingerprint density at radius 1 is 0.808 bits per heavy atom. The van der Waals surface area contributed by atoms with Gasteiger partial charge in [0.25, 0.3) is 0 Å². The summed E-state index contributed by atoms with van der Waals surface area (Å²) in [6, 6.07) is 20.7. The van der Waals surface area contributed by atoms with E-state index in [1.54, 1.807) is 18.2 Å². The molecule has 0 atom stereocenters. The number of fused-ring (bicyclic) bond motifs is 1. The fourth-order valence-electron chi connectivity index (χ4n) is 2.85. The molecule has 1 N–H and O–H groups in total. The maximum Gasteiger partial charge on any atom is 0.230 e. The quantitative estimate of drug-likeness (QED) is 0.541. The van der Waals surface area contributed by atoms with Crippen molar-refractivity contribution in [3.8, 4) is 28.8 Å². The fraction of sp³-hybridized carbons (Fsp3) is 0.0909. The number of para-hydroxylation sites is 2. The third kappa shape index (κ3) is 2.86. The van der Waals surface area contributed by atoms with Crippen LogP contribution in [0.15, 0.2) is 66.7 Å². The van der Waals surface area contributed by atoms with Gasteiger partial charge < -0.3 is 9.84 Å². The van der Waals surface area contributed by atoms with E-state index >= 15 is 0 Å². The Morgan fingerprint density at radius 3 is 2.42 bits per heavy atom. The van der Waals surface area contributed by atoms with Crippen molar-refractivity contribution in [3.63, 3.8) is 0 Å². The lowest BCUT2D eigenvalue weighted by atomic mass is 10.1. The molecule has 1 heterocycles. The molecular formula is C22H18N2O2. The Kier molecular flexibility index (Phi) is 4.01. The molecule has 0 aliphatic heterocycles. The minimum atomic E-state index is 0.139. The van der Waals surface area contributed by atoms with Crippen LogP contribution in [0.2, 0.25) is 0 Å². The molecule has 4 aromatic rings. The molecule has 3 aromatic carbocycles. The molecular weight excluding hydrogens is 324 g/mol. The SMILES string of the molecule is Cc1cccc(Oc2nc(-c3ccccc3O)nc3ccccc23)c1C. The summed E-state index contributed by atoms with van der Waals surface area (Å²) in [5.41, 5.74) is 3.56. The molecule has 0 bridgehead atoms. The molecule has 0 spiro atoms. The van der Waals surface area contributed by atoms with E-state index in [4.69, 9.17) is 4.74 Å². The summed E-state index contributed by atoms with van der Waals surface area (Å²) in [4.78, 5) is 9.20. The van der Waals surface area contributed by atoms with Gasteiger partial charge in [0.2, 0.25) is 5.88 Å². The number of ether oxygens (including phenoxy) is 1. The maximum absolute atomic E-state index is 10.2. The van der Waals surface area contributed by atoms with Crippen molar-refractivity contribution in [2.45, 2.75) is 13.8 Å². The summed E-state index contributed by atoms with van der Waals surface area (Å²) in [6.45, 7) is 4.08. The van der Waals surface area contributed by atoms with Crippen LogP contribution in [0.25, 0.3) is 22.3 Å². The molecule has 0 radical (unpaired) electrons. The first kappa shape index (κ1) is 16.1. The number of aryl methyl sites for hydroxylation is 1. The van der Waals surface area contributed by atoms with Crippen molar-refractivity contribution in [3.05, 3.63) is 77.9 Å². The normalized spacial score (nSPS) is 10.8. The van der Waals surface area contributed by atoms with Crippen LogP contribution in [0.4, 0.5) is 0 Å². The first-order valence-electron chi connectivity index (χ1n) is 8.42. The second-order valence-corrected chi connectivity index (χ2v) is 6.19. The molecule has 4 heteroatoms. The number of aromatic hydroxyl groups is 1. The highest BCUT2D eigenvalue weighted by atomic mass is 16.5. The Hall–Kier alpha value is -3.40. The number of benzene rings is 3. The standard InChI is InChI=1S/C22H18N2O2/c1-14-8-7-13-20(15(14)2)26-22-16-9-3-5-11-18(16)23-21(24-22)17-10-4-6-12-19(17)25/h3-13,25H,1-2H3. The van der Waals surface area contributed by atoms with Gasteiger partial charge in [-0.25, -0.2) is 4.98 Å². The summed E-state index contributed by atoms with van der Waals surface area (Å²) >= 11 is 0. The lowest BCUT2D eigenvalue weighted by molar-refractivity contribution is 0.463. The Morgan fingerprint density at radius 2 is 1.58 bits per heavy atom. The van der Waals surface area contributed by atoms with Gasteiger partial charge >= 0.3 is 0 Å². The highest BCUT2D eigenvalue weighted by molar-refractivity contribution is 5.86. The lowest BCUT2D eigenvalue weighted by Gasteiger charge is -2.13. The van der Waals surface area contributed by atoms with E-state index in [-0.39, 0.29) is 5.75 Å². The molecule has 0 aliphatic carbocycles. The molecule has 0 amide bonds. The molecule has 0 saturated carbocycles. The molecule has 128 valence electrons. The molecule has 1 aromatic heterocycles. The second-order valence-electron chi connectivity index (χ2n) is 6.19. The summed E-state index contributed by atoms with van der Waals surface area (Å²) in [7, 11) is 0. The third-order valence-corrected chi connectivity index (χ3v) is 4.47. The molecule has 26 heavy (non-hydrogen) atoms. The zero-order valence-electron chi connectivity index (χ0n) is 14.6. The number of aromatic nitrogens is 2. The van der Waals surface area contributed by atoms with Crippen LogP contribution in [-0.2, 0) is 0 Å². The molecule has 0 aliphatic rings. The van der Waals surface area contributed by atoms with Gasteiger partial charge in [0.15, 0.2) is 5.82 Å². The van der Waals surface area contributed by atoms with Gasteiger partial charge in [0.1, 0.15) is 11.5 Å². The van der Waals surface area contributed by atoms with E-state index in [0.717, 1.165) is 27.8 Å². The summed E-state index contributed by atoms with van der Waals surface area (Å²) < 4.78 is 6.17. The van der Waals surface area contributed by atoms with Crippen molar-refractivity contribution in [2.75, 3.05) is 0 Å². The van der Waals surface area contributed by atoms with Crippen molar-refractivity contribution < 1.29 is 9.84 Å². The Balaban J connectivity index is 1.90. The highest BCUT2D eigenvalue weighted by Gasteiger charge is 2.14. The van der Waals surface area contributed by atoms with Crippen molar-refractivity contribution in [2.24, 2.45) is 0 Å². The molecule has 0 saturated heterocycles. The van der Waals surface area contributed by atoms with Crippen molar-refractivity contribution in [1.29, 1.82) is 0 Å². The Bertz CT molecular complexity index is 1110. The largest absolute Gasteiger partial charge is 0.507 e. The van der Waals surface area contributed by atoms with E-state index in [1.165, 1.54) is 0 Å². The van der Waals surface area contributed by atoms with E-state index in [9.17, 15) is 5.11 Å². The molecule has 0 unspecified atom stereocenters. The molecule has 0 fully saturated rings. The van der Waals surface area contributed by atoms with E-state index < -0.39 is 0 Å². The van der Waals surface area contributed by atoms with Crippen LogP contribution in [0, 0.1) is 13.8 Å². The minimum Gasteiger partial charge on any atom is -0.507 e. The molecule has 4 nitrogen and oxygen atoms in total. The Labute approximate surface area is 151 Å². The van der Waals surface area contributed by atoms with Crippen LogP contribution in [0.5, 0.6) is 17.4 Å². The van der Waals surface area contributed by atoms with Crippen LogP contribution < -0.4 is 4.74 Å². The average Bonchev–Trinajstić information content (AvgIpc) is 2.66. The van der Waals surface area contributed by atoms with Crippen molar-refractivity contribution >= 4 is 10.9 Å². The topological polar surface area (TPSA) is 55.2 Å². The second kappa shape index (κ2) is 6.48. The zero-order valence-corrected chi connectivity index (χ0v) is 14.6. The minimum absolute atomic E-state index is 0.139. The van der Waals surface area contributed by atoms with E-state index in [2.05, 4.69) is 9.97 Å². The van der Waals surface area contributed by atoms with Gasteiger partial charge in [0, 0.05) is 0 Å². The average molecular weight is 342 g/mol. The van der Waals surface area contributed by atoms with Crippen LogP contribution >= 0.6 is 0 Å². The van der Waals surface area contributed by atoms with Gasteiger partial charge in [0.05, 0.1) is 16.5 Å². The van der Waals surface area contributed by atoms with Crippen molar-refractivity contribution in [1.82, 2.24) is 9.97 Å². The number of nitrogens with zero attached hydrogens (tertiary/aromatic N) is 2. The zero-order chi connectivity index (χ0) is 18.1. The van der Waals surface area contributed by atoms with Crippen LogP contribution in [-0.4, -0.2) is 15.1 Å². The summed E-state index contributed by atoms with van der Waals surface area (Å²) in [5, 5.41) is 11.0. The first-order valence-corrected chi connectivity index (χ1v) is 8.42. The van der Waals surface area contributed by atoms with Crippen LogP contribution in [0.3, 0.4) is 0 Å². The van der Waals surface area contributed by atoms with Gasteiger partial charge in [-0.3, -0.25) is 0 Å². The number of rotatable bonds is 3. The highest BCUT2D eigenvalue weighted by Crippen LogP contribution is 2.34. The smallest absolute Gasteiger partial charge is 0.230 e. The molecule has 4 rings (SSSR count). The first-order chi connectivity index (χ1) is 12.6. The number of phenolic OH excluding ortho intramolecular Hbond substituents is 1. The lowest BCUT2D eigenvalue weighted by Crippen LogP contribution is -1.97. The predicted molar refractivity (Wildman–Crippen MR) is 103 cm³/mol. The maximum atomic E-state index is 10.2. The van der Waals surface area contributed by atoms with Gasteiger partial charge in [-0.15, -0.1) is 0 Å². The number of phenols is 1. The summed E-state index contributed by atoms with van der Waals surface area (Å²) in [6.07, 6.45) is 0. The number of hydrogen-bond acceptors (Lipinski definition) is 4. The monoisotopic (exact) mass is 342 g/mol. The van der Waals surface area contributed by atoms with E-state index in [0.29, 0.717) is 17.3 Å². The van der Waals surface area contributed by atoms with Gasteiger partial charge in [-0.05, 0) is 55.3 Å². The predicted octanol–water partition coefficient (Wildman–Crippen LogP) is 5.41. The third-order valence-electron chi connectivity index (χ3n) is 4.47. The van der Waals surface area contributed by atoms with Gasteiger partial charge in [-0.1, -0.05) is 36.4 Å². The summed E-state index contributed by atoms with van der Waals surface area (Å²) in [5.74, 6) is 1.81. The fourth-order valence-corrected chi connectivity index (χ4v) is 2.85. The van der Waals surface area contributed by atoms with Crippen LogP contribution in [0.1, 0.15) is 11.1 Å². The number of hydrogen-bond donors (Lipinski definition) is 1. The van der Waals surface area contributed by atoms with Gasteiger partial charge in [-0.2, -0.15) is 4.98 Å².